The number of nitriles is 2. The zero-order valence-electron chi connectivity index (χ0n) is 12.5. The molecule has 0 saturated carbocycles. The van der Waals surface area contributed by atoms with E-state index in [0.717, 1.165) is 25.7 Å². The zero-order valence-corrected chi connectivity index (χ0v) is 14.1. The Labute approximate surface area is 146 Å². The summed E-state index contributed by atoms with van der Waals surface area (Å²) in [5.74, 6) is 0. The van der Waals surface area contributed by atoms with Gasteiger partial charge in [0.15, 0.2) is 0 Å². The number of aryl methyl sites for hydroxylation is 1. The van der Waals surface area contributed by atoms with Crippen LogP contribution in [0, 0.1) is 29.6 Å². The minimum absolute atomic E-state index is 0.229. The smallest absolute Gasteiger partial charge is 0.237 e. The number of nitrogens with one attached hydrogen (secondary N) is 1. The van der Waals surface area contributed by atoms with Gasteiger partial charge in [-0.15, -0.1) is 11.3 Å². The van der Waals surface area contributed by atoms with Gasteiger partial charge in [-0.1, -0.05) is 23.9 Å². The van der Waals surface area contributed by atoms with E-state index in [1.807, 2.05) is 31.2 Å². The van der Waals surface area contributed by atoms with Crippen molar-refractivity contribution in [3.8, 4) is 12.1 Å². The second-order valence-corrected chi connectivity index (χ2v) is 6.56. The molecule has 2 heterocycles. The first-order valence-corrected chi connectivity index (χ1v) is 8.52. The standard InChI is InChI=1S/C16H10N6S2/c1-10-8-23-15-14(10)16(20-9-19-15)24-13-5-3-2-4-12(13)22-21-11(6-17)7-18/h2-5,8-9,22H,1H3. The minimum Gasteiger partial charge on any atom is -0.275 e. The van der Waals surface area contributed by atoms with Crippen molar-refractivity contribution >= 4 is 44.7 Å². The third kappa shape index (κ3) is 3.20. The van der Waals surface area contributed by atoms with Gasteiger partial charge >= 0.3 is 0 Å². The van der Waals surface area contributed by atoms with E-state index < -0.39 is 0 Å². The molecular weight excluding hydrogens is 340 g/mol. The van der Waals surface area contributed by atoms with Crippen molar-refractivity contribution in [2.24, 2.45) is 5.10 Å². The molecule has 116 valence electrons. The molecule has 0 aliphatic carbocycles. The molecule has 0 radical (unpaired) electrons. The first-order chi connectivity index (χ1) is 11.7. The molecule has 2 aromatic heterocycles. The normalized spacial score (nSPS) is 9.96. The molecule has 3 rings (SSSR count). The second kappa shape index (κ2) is 7.09. The largest absolute Gasteiger partial charge is 0.275 e. The molecule has 0 bridgehead atoms. The average Bonchev–Trinajstić information content (AvgIpc) is 2.99. The fraction of sp³-hybridized carbons (Fsp3) is 0.0625. The molecule has 24 heavy (non-hydrogen) atoms. The van der Waals surface area contributed by atoms with Crippen molar-refractivity contribution in [2.75, 3.05) is 5.43 Å². The lowest BCUT2D eigenvalue weighted by Gasteiger charge is -2.08. The molecule has 1 aromatic carbocycles. The lowest BCUT2D eigenvalue weighted by Crippen LogP contribution is -1.97. The van der Waals surface area contributed by atoms with Crippen LogP contribution in [-0.2, 0) is 0 Å². The molecule has 8 heteroatoms. The van der Waals surface area contributed by atoms with Crippen LogP contribution >= 0.6 is 23.1 Å². The van der Waals surface area contributed by atoms with Gasteiger partial charge in [0.1, 0.15) is 28.3 Å². The molecule has 3 aromatic rings. The Hall–Kier alpha value is -2.94. The van der Waals surface area contributed by atoms with Gasteiger partial charge in [0.05, 0.1) is 5.69 Å². The van der Waals surface area contributed by atoms with E-state index in [1.54, 1.807) is 29.8 Å². The molecule has 0 amide bonds. The van der Waals surface area contributed by atoms with Crippen LogP contribution in [0.3, 0.4) is 0 Å². The number of hydrazone groups is 1. The number of para-hydroxylation sites is 1. The summed E-state index contributed by atoms with van der Waals surface area (Å²) in [6.45, 7) is 2.03. The van der Waals surface area contributed by atoms with Crippen LogP contribution in [0.15, 0.2) is 51.0 Å². The lowest BCUT2D eigenvalue weighted by atomic mass is 10.3. The van der Waals surface area contributed by atoms with Crippen molar-refractivity contribution in [2.45, 2.75) is 16.8 Å². The van der Waals surface area contributed by atoms with E-state index in [4.69, 9.17) is 10.5 Å². The van der Waals surface area contributed by atoms with Gasteiger partial charge in [-0.3, -0.25) is 5.43 Å². The minimum atomic E-state index is -0.229. The van der Waals surface area contributed by atoms with Crippen LogP contribution in [0.2, 0.25) is 0 Å². The number of hydrogen-bond acceptors (Lipinski definition) is 8. The number of aromatic nitrogens is 2. The van der Waals surface area contributed by atoms with Crippen LogP contribution < -0.4 is 5.43 Å². The highest BCUT2D eigenvalue weighted by Crippen LogP contribution is 2.38. The molecule has 1 N–H and O–H groups in total. The first kappa shape index (κ1) is 15.9. The number of benzene rings is 1. The van der Waals surface area contributed by atoms with E-state index in [0.29, 0.717) is 5.69 Å². The van der Waals surface area contributed by atoms with Gasteiger partial charge in [-0.2, -0.15) is 15.6 Å². The van der Waals surface area contributed by atoms with Crippen molar-refractivity contribution in [1.29, 1.82) is 10.5 Å². The van der Waals surface area contributed by atoms with Crippen molar-refractivity contribution < 1.29 is 0 Å². The van der Waals surface area contributed by atoms with Gasteiger partial charge in [-0.05, 0) is 30.0 Å². The Kier molecular flexibility index (Phi) is 4.71. The quantitative estimate of drug-likeness (QED) is 0.434. The number of nitrogens with zero attached hydrogens (tertiary/aromatic N) is 5. The van der Waals surface area contributed by atoms with E-state index in [2.05, 4.69) is 25.9 Å². The number of thiophene rings is 1. The third-order valence-corrected chi connectivity index (χ3v) is 5.20. The van der Waals surface area contributed by atoms with Gasteiger partial charge in [0, 0.05) is 10.3 Å². The summed E-state index contributed by atoms with van der Waals surface area (Å²) in [6, 6.07) is 11.0. The Balaban J connectivity index is 1.96. The monoisotopic (exact) mass is 350 g/mol. The first-order valence-electron chi connectivity index (χ1n) is 6.82. The number of anilines is 1. The summed E-state index contributed by atoms with van der Waals surface area (Å²) in [4.78, 5) is 10.5. The van der Waals surface area contributed by atoms with Gasteiger partial charge in [0.25, 0.3) is 0 Å². The predicted molar refractivity (Wildman–Crippen MR) is 95.0 cm³/mol. The van der Waals surface area contributed by atoms with Crippen molar-refractivity contribution in [3.05, 3.63) is 41.5 Å². The lowest BCUT2D eigenvalue weighted by molar-refractivity contribution is 1.10. The predicted octanol–water partition coefficient (Wildman–Crippen LogP) is 3.97. The van der Waals surface area contributed by atoms with Crippen LogP contribution in [0.25, 0.3) is 10.2 Å². The van der Waals surface area contributed by atoms with Gasteiger partial charge in [-0.25, -0.2) is 9.97 Å². The fourth-order valence-corrected chi connectivity index (χ4v) is 4.00. The Morgan fingerprint density at radius 2 is 2.04 bits per heavy atom. The summed E-state index contributed by atoms with van der Waals surface area (Å²) in [7, 11) is 0. The van der Waals surface area contributed by atoms with Crippen LogP contribution in [0.4, 0.5) is 5.69 Å². The fourth-order valence-electron chi connectivity index (χ4n) is 2.00. The molecule has 6 nitrogen and oxygen atoms in total. The maximum absolute atomic E-state index is 8.77. The molecule has 0 aliphatic rings. The average molecular weight is 350 g/mol. The highest BCUT2D eigenvalue weighted by molar-refractivity contribution is 7.99. The van der Waals surface area contributed by atoms with Crippen LogP contribution in [-0.4, -0.2) is 15.7 Å². The maximum Gasteiger partial charge on any atom is 0.237 e. The highest BCUT2D eigenvalue weighted by Gasteiger charge is 2.12. The zero-order chi connectivity index (χ0) is 16.9. The number of fused-ring (bicyclic) bond motifs is 1. The van der Waals surface area contributed by atoms with E-state index in [-0.39, 0.29) is 5.71 Å². The maximum atomic E-state index is 8.77. The van der Waals surface area contributed by atoms with E-state index in [9.17, 15) is 0 Å². The Morgan fingerprint density at radius 3 is 2.83 bits per heavy atom. The molecule has 0 unspecified atom stereocenters. The number of hydrogen-bond donors (Lipinski definition) is 1. The van der Waals surface area contributed by atoms with Crippen molar-refractivity contribution in [3.63, 3.8) is 0 Å². The molecule has 0 spiro atoms. The third-order valence-electron chi connectivity index (χ3n) is 3.11. The molecular formula is C16H10N6S2. The SMILES string of the molecule is Cc1csc2ncnc(Sc3ccccc3NN=C(C#N)C#N)c12. The highest BCUT2D eigenvalue weighted by atomic mass is 32.2. The summed E-state index contributed by atoms with van der Waals surface area (Å²) < 4.78 is 0. The summed E-state index contributed by atoms with van der Waals surface area (Å²) in [6.07, 6.45) is 1.55. The van der Waals surface area contributed by atoms with E-state index in [1.165, 1.54) is 11.8 Å². The number of rotatable bonds is 4. The van der Waals surface area contributed by atoms with Crippen LogP contribution in [0.5, 0.6) is 0 Å². The van der Waals surface area contributed by atoms with Crippen LogP contribution in [0.1, 0.15) is 5.56 Å². The molecule has 0 fully saturated rings. The summed E-state index contributed by atoms with van der Waals surface area (Å²) in [5, 5.41) is 25.3. The molecule has 0 atom stereocenters. The molecule has 0 aliphatic heterocycles. The van der Waals surface area contributed by atoms with E-state index >= 15 is 0 Å². The second-order valence-electron chi connectivity index (χ2n) is 4.67. The van der Waals surface area contributed by atoms with Gasteiger partial charge in [0.2, 0.25) is 5.71 Å². The topological polar surface area (TPSA) is 97.8 Å². The Morgan fingerprint density at radius 1 is 1.25 bits per heavy atom. The Bertz CT molecular complexity index is 993. The summed E-state index contributed by atoms with van der Waals surface area (Å²) >= 11 is 3.08. The van der Waals surface area contributed by atoms with Gasteiger partial charge < -0.3 is 0 Å². The summed E-state index contributed by atoms with van der Waals surface area (Å²) in [5.41, 5.74) is 4.38. The molecule has 0 saturated heterocycles. The van der Waals surface area contributed by atoms with Crippen molar-refractivity contribution in [1.82, 2.24) is 9.97 Å².